The summed E-state index contributed by atoms with van der Waals surface area (Å²) in [5.74, 6) is -0.229. The van der Waals surface area contributed by atoms with E-state index in [0.29, 0.717) is 21.6 Å². The summed E-state index contributed by atoms with van der Waals surface area (Å²) in [5, 5.41) is 8.02. The number of hydrogen-bond acceptors (Lipinski definition) is 2. The lowest BCUT2D eigenvalue weighted by atomic mass is 10.2. The molecule has 0 spiro atoms. The van der Waals surface area contributed by atoms with E-state index in [2.05, 4.69) is 26.3 Å². The van der Waals surface area contributed by atoms with Crippen LogP contribution >= 0.6 is 39.1 Å². The number of nitrogens with one attached hydrogen (secondary N) is 1. The Hall–Kier alpha value is -1.04. The maximum atomic E-state index is 12.5. The van der Waals surface area contributed by atoms with Gasteiger partial charge in [-0.3, -0.25) is 9.48 Å². The van der Waals surface area contributed by atoms with Crippen molar-refractivity contribution in [2.24, 2.45) is 0 Å². The molecule has 1 heterocycles. The zero-order valence-electron chi connectivity index (χ0n) is 11.2. The van der Waals surface area contributed by atoms with Crippen LogP contribution in [0.15, 0.2) is 22.7 Å². The molecule has 1 N–H and O–H groups in total. The number of rotatable bonds is 3. The number of nitrogens with zero attached hydrogens (tertiary/aromatic N) is 2. The monoisotopic (exact) mass is 387 g/mol. The average Bonchev–Trinajstić information content (AvgIpc) is 3.16. The number of aromatic nitrogens is 2. The van der Waals surface area contributed by atoms with Gasteiger partial charge in [-0.1, -0.05) is 23.2 Å². The van der Waals surface area contributed by atoms with Crippen molar-refractivity contribution in [3.63, 3.8) is 0 Å². The lowest BCUT2D eigenvalue weighted by Crippen LogP contribution is -2.18. The van der Waals surface area contributed by atoms with Crippen molar-refractivity contribution < 1.29 is 4.79 Å². The van der Waals surface area contributed by atoms with Crippen LogP contribution in [0, 0.1) is 6.92 Å². The van der Waals surface area contributed by atoms with E-state index in [1.54, 1.807) is 22.9 Å². The standard InChI is InChI=1S/C14H12BrCl2N3O/c1-7-4-8(16)5-10(15)13(7)18-14(21)11-6-12(17)19-20(11)9-2-3-9/h4-6,9H,2-3H2,1H3,(H,18,21). The summed E-state index contributed by atoms with van der Waals surface area (Å²) in [5.41, 5.74) is 2.05. The molecule has 0 aliphatic heterocycles. The molecule has 110 valence electrons. The summed E-state index contributed by atoms with van der Waals surface area (Å²) < 4.78 is 2.45. The second-order valence-corrected chi connectivity index (χ2v) is 6.74. The van der Waals surface area contributed by atoms with E-state index in [-0.39, 0.29) is 11.9 Å². The fourth-order valence-electron chi connectivity index (χ4n) is 2.17. The van der Waals surface area contributed by atoms with E-state index in [9.17, 15) is 4.79 Å². The lowest BCUT2D eigenvalue weighted by molar-refractivity contribution is 0.101. The molecule has 3 rings (SSSR count). The third-order valence-electron chi connectivity index (χ3n) is 3.32. The van der Waals surface area contributed by atoms with E-state index < -0.39 is 0 Å². The van der Waals surface area contributed by atoms with Gasteiger partial charge in [0.25, 0.3) is 5.91 Å². The van der Waals surface area contributed by atoms with Gasteiger partial charge in [-0.25, -0.2) is 0 Å². The topological polar surface area (TPSA) is 46.9 Å². The van der Waals surface area contributed by atoms with Crippen molar-refractivity contribution in [3.05, 3.63) is 44.1 Å². The van der Waals surface area contributed by atoms with Gasteiger partial charge in [-0.05, 0) is 53.4 Å². The minimum Gasteiger partial charge on any atom is -0.319 e. The number of amides is 1. The highest BCUT2D eigenvalue weighted by Gasteiger charge is 2.29. The summed E-state index contributed by atoms with van der Waals surface area (Å²) >= 11 is 15.3. The highest BCUT2D eigenvalue weighted by Crippen LogP contribution is 2.36. The Morgan fingerprint density at radius 2 is 2.10 bits per heavy atom. The largest absolute Gasteiger partial charge is 0.319 e. The molecule has 4 nitrogen and oxygen atoms in total. The summed E-state index contributed by atoms with van der Waals surface area (Å²) in [6, 6.07) is 5.42. The van der Waals surface area contributed by atoms with Crippen LogP contribution in [0.4, 0.5) is 5.69 Å². The van der Waals surface area contributed by atoms with Crippen LogP contribution in [-0.2, 0) is 0 Å². The minimum atomic E-state index is -0.229. The molecule has 1 aliphatic rings. The maximum absolute atomic E-state index is 12.5. The number of anilines is 1. The van der Waals surface area contributed by atoms with Crippen molar-refractivity contribution in [2.45, 2.75) is 25.8 Å². The number of aryl methyl sites for hydroxylation is 1. The van der Waals surface area contributed by atoms with E-state index in [0.717, 1.165) is 22.9 Å². The number of hydrogen-bond donors (Lipinski definition) is 1. The molecule has 1 aromatic carbocycles. The van der Waals surface area contributed by atoms with Crippen molar-refractivity contribution in [1.82, 2.24) is 9.78 Å². The van der Waals surface area contributed by atoms with Crippen molar-refractivity contribution in [1.29, 1.82) is 0 Å². The highest BCUT2D eigenvalue weighted by molar-refractivity contribution is 9.10. The van der Waals surface area contributed by atoms with Gasteiger partial charge in [0, 0.05) is 15.6 Å². The SMILES string of the molecule is Cc1cc(Cl)cc(Br)c1NC(=O)c1cc(Cl)nn1C1CC1. The van der Waals surface area contributed by atoms with E-state index in [1.165, 1.54) is 0 Å². The number of benzene rings is 1. The second kappa shape index (κ2) is 5.63. The Morgan fingerprint density at radius 1 is 1.38 bits per heavy atom. The Labute approximate surface area is 140 Å². The molecule has 0 atom stereocenters. The predicted octanol–water partition coefficient (Wildman–Crippen LogP) is 4.85. The molecule has 7 heteroatoms. The molecule has 21 heavy (non-hydrogen) atoms. The minimum absolute atomic E-state index is 0.229. The van der Waals surface area contributed by atoms with Gasteiger partial charge in [-0.15, -0.1) is 0 Å². The van der Waals surface area contributed by atoms with Crippen LogP contribution < -0.4 is 5.32 Å². The molecule has 1 fully saturated rings. The number of carbonyl (C=O) groups excluding carboxylic acids is 1. The van der Waals surface area contributed by atoms with Crippen LogP contribution in [0.25, 0.3) is 0 Å². The number of halogens is 3. The average molecular weight is 389 g/mol. The summed E-state index contributed by atoms with van der Waals surface area (Å²) in [7, 11) is 0. The molecule has 0 unspecified atom stereocenters. The first-order chi connectivity index (χ1) is 9.95. The third kappa shape index (κ3) is 3.10. The Kier molecular flexibility index (Phi) is 3.99. The van der Waals surface area contributed by atoms with Gasteiger partial charge in [-0.2, -0.15) is 5.10 Å². The van der Waals surface area contributed by atoms with Crippen molar-refractivity contribution >= 4 is 50.7 Å². The molecule has 2 aromatic rings. The highest BCUT2D eigenvalue weighted by atomic mass is 79.9. The van der Waals surface area contributed by atoms with Crippen LogP contribution in [-0.4, -0.2) is 15.7 Å². The van der Waals surface area contributed by atoms with Gasteiger partial charge >= 0.3 is 0 Å². The third-order valence-corrected chi connectivity index (χ3v) is 4.35. The van der Waals surface area contributed by atoms with Gasteiger partial charge in [0.2, 0.25) is 0 Å². The first-order valence-corrected chi connectivity index (χ1v) is 8.02. The summed E-state index contributed by atoms with van der Waals surface area (Å²) in [4.78, 5) is 12.5. The quantitative estimate of drug-likeness (QED) is 0.816. The van der Waals surface area contributed by atoms with Crippen LogP contribution in [0.1, 0.15) is 34.9 Å². The Morgan fingerprint density at radius 3 is 2.71 bits per heavy atom. The molecule has 1 amide bonds. The van der Waals surface area contributed by atoms with Gasteiger partial charge < -0.3 is 5.32 Å². The molecule has 1 aliphatic carbocycles. The van der Waals surface area contributed by atoms with Crippen molar-refractivity contribution in [2.75, 3.05) is 5.32 Å². The smallest absolute Gasteiger partial charge is 0.274 e. The normalized spacial score (nSPS) is 14.3. The van der Waals surface area contributed by atoms with E-state index in [4.69, 9.17) is 23.2 Å². The van der Waals surface area contributed by atoms with Crippen molar-refractivity contribution in [3.8, 4) is 0 Å². The molecule has 0 radical (unpaired) electrons. The summed E-state index contributed by atoms with van der Waals surface area (Å²) in [6.45, 7) is 1.89. The van der Waals surface area contributed by atoms with Crippen LogP contribution in [0.5, 0.6) is 0 Å². The molecule has 1 saturated carbocycles. The molecular weight excluding hydrogens is 377 g/mol. The molecule has 0 saturated heterocycles. The first-order valence-electron chi connectivity index (χ1n) is 6.48. The molecular formula is C14H12BrCl2N3O. The fraction of sp³-hybridized carbons (Fsp3) is 0.286. The maximum Gasteiger partial charge on any atom is 0.274 e. The molecule has 0 bridgehead atoms. The fourth-order valence-corrected chi connectivity index (χ4v) is 3.42. The predicted molar refractivity (Wildman–Crippen MR) is 87.4 cm³/mol. The second-order valence-electron chi connectivity index (χ2n) is 5.06. The summed E-state index contributed by atoms with van der Waals surface area (Å²) in [6.07, 6.45) is 2.06. The molecule has 1 aromatic heterocycles. The Bertz CT molecular complexity index is 702. The van der Waals surface area contributed by atoms with Crippen LogP contribution in [0.3, 0.4) is 0 Å². The van der Waals surface area contributed by atoms with E-state index >= 15 is 0 Å². The lowest BCUT2D eigenvalue weighted by Gasteiger charge is -2.12. The van der Waals surface area contributed by atoms with Gasteiger partial charge in [0.15, 0.2) is 5.15 Å². The van der Waals surface area contributed by atoms with Crippen LogP contribution in [0.2, 0.25) is 10.2 Å². The zero-order valence-corrected chi connectivity index (χ0v) is 14.3. The Balaban J connectivity index is 1.90. The first kappa shape index (κ1) is 14.9. The zero-order chi connectivity index (χ0) is 15.1. The van der Waals surface area contributed by atoms with E-state index in [1.807, 2.05) is 6.92 Å². The number of carbonyl (C=O) groups is 1. The van der Waals surface area contributed by atoms with Gasteiger partial charge in [0.05, 0.1) is 11.7 Å². The van der Waals surface area contributed by atoms with Gasteiger partial charge in [0.1, 0.15) is 5.69 Å².